The first kappa shape index (κ1) is 24.3. The van der Waals surface area contributed by atoms with Crippen LogP contribution in [0.1, 0.15) is 0 Å². The van der Waals surface area contributed by atoms with Gasteiger partial charge in [-0.1, -0.05) is 15.9 Å². The summed E-state index contributed by atoms with van der Waals surface area (Å²) in [6.45, 7) is 0. The Hall–Kier alpha value is -2.07. The molecular formula is C11H18BrEsN2O2-3. The van der Waals surface area contributed by atoms with Crippen LogP contribution in [0.25, 0.3) is 0 Å². The monoisotopic (exact) mass is 541 g/mol. The molecule has 0 spiro atoms. The van der Waals surface area contributed by atoms with Crippen molar-refractivity contribution < 1.29 is 9.53 Å². The van der Waals surface area contributed by atoms with E-state index in [1.54, 1.807) is 0 Å². The Labute approximate surface area is 106 Å². The van der Waals surface area contributed by atoms with Crippen molar-refractivity contribution in [2.45, 2.75) is 0 Å². The number of carbonyl (C=O) groups is 1. The van der Waals surface area contributed by atoms with Gasteiger partial charge in [-0.3, -0.25) is 11.8 Å². The minimum atomic E-state index is 0. The van der Waals surface area contributed by atoms with Gasteiger partial charge in [0.1, 0.15) is 0 Å². The molecular weight excluding hydrogens is 524 g/mol. The number of nitrogens with one attached hydrogen (secondary N) is 1. The molecule has 0 atom stereocenters. The van der Waals surface area contributed by atoms with Crippen molar-refractivity contribution in [1.82, 2.24) is 5.32 Å². The fourth-order valence-corrected chi connectivity index (χ4v) is 0.727. The van der Waals surface area contributed by atoms with Crippen molar-refractivity contribution >= 4 is 28.0 Å². The number of methoxy groups -OCH3 is 1. The Morgan fingerprint density at radius 2 is 1.71 bits per heavy atom. The molecule has 0 aromatic heterocycles. The molecule has 0 saturated heterocycles. The summed E-state index contributed by atoms with van der Waals surface area (Å²) in [7, 11) is 7.49. The molecule has 0 bridgehead atoms. The zero-order chi connectivity index (χ0) is 12.1. The minimum absolute atomic E-state index is 0. The van der Waals surface area contributed by atoms with Crippen LogP contribution in [0.3, 0.4) is 0 Å². The molecule has 6 heteroatoms. The number of ether oxygens (including phenoxy) is 1. The number of hydrogen-bond donors (Lipinski definition) is 2. The van der Waals surface area contributed by atoms with E-state index in [4.69, 9.17) is 10.5 Å². The number of nitrogen functional groups attached to an aromatic ring is 1. The summed E-state index contributed by atoms with van der Waals surface area (Å²) in [5.74, 6) is 0. The van der Waals surface area contributed by atoms with E-state index in [0.717, 1.165) is 10.2 Å². The van der Waals surface area contributed by atoms with Gasteiger partial charge in [0.2, 0.25) is 0 Å². The summed E-state index contributed by atoms with van der Waals surface area (Å²) in [5, 5.41) is 2.00. The number of anilines is 1. The summed E-state index contributed by atoms with van der Waals surface area (Å²) in [5.41, 5.74) is 6.21. The van der Waals surface area contributed by atoms with Crippen LogP contribution < -0.4 is 11.1 Å². The van der Waals surface area contributed by atoms with Gasteiger partial charge in [-0.05, 0) is 31.4 Å². The Kier molecular flexibility index (Phi) is 27.8. The van der Waals surface area contributed by atoms with E-state index in [0.29, 0.717) is 6.41 Å². The Balaban J connectivity index is -0.0000000821. The Bertz CT molecular complexity index is 225. The second-order valence-electron chi connectivity index (χ2n) is 2.16. The molecule has 1 amide bonds. The van der Waals surface area contributed by atoms with Crippen molar-refractivity contribution in [3.8, 4) is 0 Å². The molecule has 0 aliphatic rings. The maximum atomic E-state index is 9.00. The van der Waals surface area contributed by atoms with E-state index in [1.165, 1.54) is 7.11 Å². The predicted octanol–water partition coefficient (Wildman–Crippen LogP) is 2.43. The second kappa shape index (κ2) is 19.5. The average molecular weight is 542 g/mol. The number of rotatable bonds is 1. The molecule has 1 aromatic carbocycles. The third kappa shape index (κ3) is 24.9. The van der Waals surface area contributed by atoms with Crippen LogP contribution >= 0.6 is 15.9 Å². The summed E-state index contributed by atoms with van der Waals surface area (Å²) in [6, 6.07) is 7.53. The first-order valence-electron chi connectivity index (χ1n) is 3.87. The Morgan fingerprint density at radius 3 is 1.88 bits per heavy atom. The predicted molar refractivity (Wildman–Crippen MR) is 71.9 cm³/mol. The van der Waals surface area contributed by atoms with Crippen molar-refractivity contribution in [2.24, 2.45) is 0 Å². The number of benzene rings is 1. The molecule has 1 rings (SSSR count). The van der Waals surface area contributed by atoms with Crippen LogP contribution in [-0.2, 0) is 9.53 Å². The number of amides is 1. The van der Waals surface area contributed by atoms with Gasteiger partial charge in [0.15, 0.2) is 6.41 Å². The zero-order valence-electron chi connectivity index (χ0n) is 9.87. The van der Waals surface area contributed by atoms with Crippen LogP contribution in [-0.4, -0.2) is 13.5 Å². The van der Waals surface area contributed by atoms with Gasteiger partial charge < -0.3 is 23.2 Å². The largest absolute Gasteiger partial charge is 0.557 e. The maximum absolute atomic E-state index is 9.00. The molecule has 4 nitrogen and oxygen atoms in total. The standard InChI is InChI=1S/C6H6BrN.C2H4NO.C2H5O.CH3.Es/c7-5-1-3-6(8)4-2-5;1-3-2-4;1-3-2;;/h1-4H,8H2;2H,1H2,(H,3,4);1H2,2H3;1H3;/q;3*-1;. The first-order chi connectivity index (χ1) is 7.12. The van der Waals surface area contributed by atoms with Gasteiger partial charge in [-0.2, -0.15) is 0 Å². The molecule has 0 aliphatic heterocycles. The summed E-state index contributed by atoms with van der Waals surface area (Å²) < 4.78 is 5.06. The number of hydrogen-bond acceptors (Lipinski definition) is 3. The molecule has 1 radical (unpaired) electrons. The number of halogens is 1. The van der Waals surface area contributed by atoms with E-state index in [9.17, 15) is 0 Å². The van der Waals surface area contributed by atoms with Crippen molar-refractivity contribution in [2.75, 3.05) is 12.8 Å². The molecule has 0 saturated carbocycles. The smallest absolute Gasteiger partial charge is 0.177 e. The van der Waals surface area contributed by atoms with E-state index < -0.39 is 0 Å². The second-order valence-corrected chi connectivity index (χ2v) is 3.08. The van der Waals surface area contributed by atoms with Crippen molar-refractivity contribution in [3.05, 3.63) is 50.3 Å². The van der Waals surface area contributed by atoms with Crippen LogP contribution in [0, 0.1) is 21.6 Å². The quantitative estimate of drug-likeness (QED) is 0.326. The fraction of sp³-hybridized carbons (Fsp3) is 0.0909. The fourth-order valence-electron chi connectivity index (χ4n) is 0.463. The third-order valence-electron chi connectivity index (χ3n) is 0.953. The molecule has 3 N–H and O–H groups in total. The van der Waals surface area contributed by atoms with E-state index >= 15 is 0 Å². The molecule has 0 fully saturated rings. The first-order valence-corrected chi connectivity index (χ1v) is 4.67. The van der Waals surface area contributed by atoms with Crippen LogP contribution in [0.5, 0.6) is 0 Å². The van der Waals surface area contributed by atoms with Gasteiger partial charge in [-0.25, -0.2) is 7.11 Å². The average Bonchev–Trinajstić information content (AvgIpc) is 2.24. The summed E-state index contributed by atoms with van der Waals surface area (Å²) in [6.07, 6.45) is 0.514. The summed E-state index contributed by atoms with van der Waals surface area (Å²) >= 11 is 3.29. The number of carbonyl (C=O) groups excluding carboxylic acids is 1. The van der Waals surface area contributed by atoms with Crippen LogP contribution in [0.2, 0.25) is 0 Å². The molecule has 0 aliphatic carbocycles. The molecule has 0 unspecified atom stereocenters. The topological polar surface area (TPSA) is 64.3 Å². The van der Waals surface area contributed by atoms with Crippen LogP contribution in [0.4, 0.5) is 5.69 Å². The molecule has 105 valence electrons. The molecule has 0 heterocycles. The molecule has 17 heavy (non-hydrogen) atoms. The SMILES string of the molecule is Nc1ccc(Br)cc1.[CH2-]NC=O.[CH2-]OC.[CH3-].[Es]. The van der Waals surface area contributed by atoms with Crippen molar-refractivity contribution in [3.63, 3.8) is 0 Å². The van der Waals surface area contributed by atoms with E-state index in [1.807, 2.05) is 29.6 Å². The van der Waals surface area contributed by atoms with Gasteiger partial charge in [0, 0.05) is 10.2 Å². The van der Waals surface area contributed by atoms with Gasteiger partial charge in [0.05, 0.1) is 0 Å². The minimum Gasteiger partial charge on any atom is -0.557 e. The van der Waals surface area contributed by atoms with Gasteiger partial charge in [0.25, 0.3) is 0 Å². The summed E-state index contributed by atoms with van der Waals surface area (Å²) in [4.78, 5) is 9.00. The van der Waals surface area contributed by atoms with Gasteiger partial charge >= 0.3 is 0 Å². The number of nitrogens with two attached hydrogens (primary N) is 1. The zero-order valence-corrected chi connectivity index (χ0v) is 14.0. The Morgan fingerprint density at radius 1 is 1.41 bits per heavy atom. The third-order valence-corrected chi connectivity index (χ3v) is 1.48. The normalized spacial score (nSPS) is 6.59. The van der Waals surface area contributed by atoms with E-state index in [2.05, 4.69) is 34.8 Å². The van der Waals surface area contributed by atoms with Gasteiger partial charge in [-0.15, -0.1) is 0 Å². The maximum Gasteiger partial charge on any atom is 0.177 e. The van der Waals surface area contributed by atoms with Crippen LogP contribution in [0.15, 0.2) is 28.7 Å². The van der Waals surface area contributed by atoms with E-state index in [-0.39, 0.29) is 7.43 Å². The molecule has 1 aromatic rings. The van der Waals surface area contributed by atoms with Crippen molar-refractivity contribution in [1.29, 1.82) is 0 Å².